The molecular formula is C21H16F2N2O3. The van der Waals surface area contributed by atoms with Gasteiger partial charge in [0.1, 0.15) is 17.4 Å². The van der Waals surface area contributed by atoms with E-state index in [1.807, 2.05) is 42.5 Å². The number of para-hydroxylation sites is 1. The number of nitrogens with one attached hydrogen (secondary N) is 2. The molecule has 0 fully saturated rings. The predicted octanol–water partition coefficient (Wildman–Crippen LogP) is 3.47. The van der Waals surface area contributed by atoms with Gasteiger partial charge < -0.3 is 4.74 Å². The summed E-state index contributed by atoms with van der Waals surface area (Å²) < 4.78 is 31.8. The number of carbonyl (C=O) groups excluding carboxylic acids is 2. The van der Waals surface area contributed by atoms with Crippen LogP contribution >= 0.6 is 0 Å². The Morgan fingerprint density at radius 1 is 0.821 bits per heavy atom. The SMILES string of the molecule is O=C(COc1ccccc1-c1ccccc1)NNC(=O)c1cc(F)cc(F)c1. The van der Waals surface area contributed by atoms with E-state index in [2.05, 4.69) is 10.9 Å². The maximum atomic E-state index is 13.1. The summed E-state index contributed by atoms with van der Waals surface area (Å²) >= 11 is 0. The van der Waals surface area contributed by atoms with Gasteiger partial charge in [-0.2, -0.15) is 0 Å². The van der Waals surface area contributed by atoms with E-state index in [1.165, 1.54) is 0 Å². The molecule has 2 N–H and O–H groups in total. The number of ether oxygens (including phenoxy) is 1. The number of rotatable bonds is 5. The van der Waals surface area contributed by atoms with Crippen LogP contribution in [0.2, 0.25) is 0 Å². The second kappa shape index (κ2) is 8.77. The lowest BCUT2D eigenvalue weighted by molar-refractivity contribution is -0.123. The topological polar surface area (TPSA) is 67.4 Å². The number of hydrogen-bond acceptors (Lipinski definition) is 3. The molecule has 0 aromatic heterocycles. The van der Waals surface area contributed by atoms with Crippen molar-refractivity contribution < 1.29 is 23.1 Å². The van der Waals surface area contributed by atoms with Crippen LogP contribution < -0.4 is 15.6 Å². The van der Waals surface area contributed by atoms with E-state index in [0.29, 0.717) is 11.8 Å². The first kappa shape index (κ1) is 19.0. The van der Waals surface area contributed by atoms with Gasteiger partial charge in [0.15, 0.2) is 6.61 Å². The average Bonchev–Trinajstić information content (AvgIpc) is 2.70. The maximum Gasteiger partial charge on any atom is 0.276 e. The molecule has 0 atom stereocenters. The molecule has 5 nitrogen and oxygen atoms in total. The largest absolute Gasteiger partial charge is 0.483 e. The summed E-state index contributed by atoms with van der Waals surface area (Å²) in [6.07, 6.45) is 0. The van der Waals surface area contributed by atoms with Crippen molar-refractivity contribution in [3.8, 4) is 16.9 Å². The van der Waals surface area contributed by atoms with Crippen LogP contribution in [0.5, 0.6) is 5.75 Å². The molecule has 0 saturated carbocycles. The second-order valence-corrected chi connectivity index (χ2v) is 5.81. The van der Waals surface area contributed by atoms with E-state index in [4.69, 9.17) is 4.74 Å². The van der Waals surface area contributed by atoms with E-state index in [1.54, 1.807) is 12.1 Å². The summed E-state index contributed by atoms with van der Waals surface area (Å²) in [5.41, 5.74) is 5.71. The van der Waals surface area contributed by atoms with Gasteiger partial charge in [-0.25, -0.2) is 8.78 Å². The summed E-state index contributed by atoms with van der Waals surface area (Å²) in [5, 5.41) is 0. The summed E-state index contributed by atoms with van der Waals surface area (Å²) in [6.45, 7) is -0.359. The van der Waals surface area contributed by atoms with Gasteiger partial charge in [-0.3, -0.25) is 20.4 Å². The normalized spacial score (nSPS) is 10.2. The zero-order valence-corrected chi connectivity index (χ0v) is 14.6. The average molecular weight is 382 g/mol. The zero-order chi connectivity index (χ0) is 19.9. The number of hydrazine groups is 1. The predicted molar refractivity (Wildman–Crippen MR) is 99.3 cm³/mol. The highest BCUT2D eigenvalue weighted by Gasteiger charge is 2.12. The van der Waals surface area contributed by atoms with Crippen molar-refractivity contribution in [2.24, 2.45) is 0 Å². The van der Waals surface area contributed by atoms with Crippen LogP contribution in [-0.4, -0.2) is 18.4 Å². The Hall–Kier alpha value is -3.74. The summed E-state index contributed by atoms with van der Waals surface area (Å²) in [5.74, 6) is -2.76. The van der Waals surface area contributed by atoms with Crippen molar-refractivity contribution in [1.29, 1.82) is 0 Å². The Labute approximate surface area is 159 Å². The second-order valence-electron chi connectivity index (χ2n) is 5.81. The molecule has 3 aromatic rings. The molecule has 28 heavy (non-hydrogen) atoms. The van der Waals surface area contributed by atoms with Crippen LogP contribution in [0, 0.1) is 11.6 Å². The number of amides is 2. The molecule has 0 aliphatic rings. The third kappa shape index (κ3) is 4.91. The third-order valence-electron chi connectivity index (χ3n) is 3.77. The minimum Gasteiger partial charge on any atom is -0.483 e. The molecule has 0 radical (unpaired) electrons. The molecule has 0 bridgehead atoms. The van der Waals surface area contributed by atoms with Crippen molar-refractivity contribution in [1.82, 2.24) is 10.9 Å². The van der Waals surface area contributed by atoms with Crippen molar-refractivity contribution in [3.05, 3.63) is 90.0 Å². The fraction of sp³-hybridized carbons (Fsp3) is 0.0476. The van der Waals surface area contributed by atoms with E-state index < -0.39 is 23.4 Å². The van der Waals surface area contributed by atoms with E-state index >= 15 is 0 Å². The maximum absolute atomic E-state index is 13.1. The fourth-order valence-corrected chi connectivity index (χ4v) is 2.51. The van der Waals surface area contributed by atoms with Crippen LogP contribution in [0.1, 0.15) is 10.4 Å². The number of carbonyl (C=O) groups is 2. The Bertz CT molecular complexity index is 974. The minimum absolute atomic E-state index is 0.256. The molecule has 2 amide bonds. The number of hydrogen-bond donors (Lipinski definition) is 2. The zero-order valence-electron chi connectivity index (χ0n) is 14.6. The van der Waals surface area contributed by atoms with Gasteiger partial charge in [-0.15, -0.1) is 0 Å². The van der Waals surface area contributed by atoms with E-state index in [0.717, 1.165) is 23.3 Å². The van der Waals surface area contributed by atoms with Crippen LogP contribution in [-0.2, 0) is 4.79 Å². The summed E-state index contributed by atoms with van der Waals surface area (Å²) in [4.78, 5) is 23.8. The Morgan fingerprint density at radius 2 is 1.46 bits per heavy atom. The highest BCUT2D eigenvalue weighted by atomic mass is 19.1. The number of halogens is 2. The molecule has 0 aliphatic heterocycles. The van der Waals surface area contributed by atoms with Gasteiger partial charge in [0.25, 0.3) is 11.8 Å². The lowest BCUT2D eigenvalue weighted by Crippen LogP contribution is -2.43. The van der Waals surface area contributed by atoms with Crippen LogP contribution in [0.15, 0.2) is 72.8 Å². The van der Waals surface area contributed by atoms with Gasteiger partial charge in [0, 0.05) is 17.2 Å². The molecule has 0 heterocycles. The first-order valence-corrected chi connectivity index (χ1v) is 8.35. The van der Waals surface area contributed by atoms with Gasteiger partial charge in [-0.05, 0) is 23.8 Å². The minimum atomic E-state index is -0.891. The van der Waals surface area contributed by atoms with Gasteiger partial charge in [0.05, 0.1) is 0 Å². The van der Waals surface area contributed by atoms with Crippen LogP contribution in [0.3, 0.4) is 0 Å². The number of benzene rings is 3. The Morgan fingerprint density at radius 3 is 2.18 bits per heavy atom. The van der Waals surface area contributed by atoms with Crippen molar-refractivity contribution in [3.63, 3.8) is 0 Å². The molecule has 3 aromatic carbocycles. The smallest absolute Gasteiger partial charge is 0.276 e. The van der Waals surface area contributed by atoms with Crippen LogP contribution in [0.4, 0.5) is 8.78 Å². The van der Waals surface area contributed by atoms with Gasteiger partial charge in [0.2, 0.25) is 0 Å². The highest BCUT2D eigenvalue weighted by molar-refractivity contribution is 5.95. The van der Waals surface area contributed by atoms with Crippen molar-refractivity contribution in [2.75, 3.05) is 6.61 Å². The van der Waals surface area contributed by atoms with Crippen molar-refractivity contribution in [2.45, 2.75) is 0 Å². The van der Waals surface area contributed by atoms with Gasteiger partial charge >= 0.3 is 0 Å². The fourth-order valence-electron chi connectivity index (χ4n) is 2.51. The monoisotopic (exact) mass is 382 g/mol. The molecule has 0 saturated heterocycles. The lowest BCUT2D eigenvalue weighted by atomic mass is 10.1. The molecule has 142 valence electrons. The highest BCUT2D eigenvalue weighted by Crippen LogP contribution is 2.29. The first-order chi connectivity index (χ1) is 13.5. The van der Waals surface area contributed by atoms with Crippen molar-refractivity contribution >= 4 is 11.8 Å². The quantitative estimate of drug-likeness (QED) is 0.664. The first-order valence-electron chi connectivity index (χ1n) is 8.35. The Kier molecular flexibility index (Phi) is 5.96. The molecular weight excluding hydrogens is 366 g/mol. The third-order valence-corrected chi connectivity index (χ3v) is 3.77. The summed E-state index contributed by atoms with van der Waals surface area (Å²) in [7, 11) is 0. The van der Waals surface area contributed by atoms with Crippen LogP contribution in [0.25, 0.3) is 11.1 Å². The van der Waals surface area contributed by atoms with Gasteiger partial charge in [-0.1, -0.05) is 48.5 Å². The lowest BCUT2D eigenvalue weighted by Gasteiger charge is -2.12. The molecule has 3 rings (SSSR count). The van der Waals surface area contributed by atoms with E-state index in [9.17, 15) is 18.4 Å². The molecule has 0 spiro atoms. The Balaban J connectivity index is 1.57. The summed E-state index contributed by atoms with van der Waals surface area (Å²) in [6, 6.07) is 19.1. The molecule has 0 aliphatic carbocycles. The molecule has 0 unspecified atom stereocenters. The van der Waals surface area contributed by atoms with E-state index in [-0.39, 0.29) is 12.2 Å². The standard InChI is InChI=1S/C21H16F2N2O3/c22-16-10-15(11-17(23)12-16)21(27)25-24-20(26)13-28-19-9-5-4-8-18(19)14-6-2-1-3-7-14/h1-12H,13H2,(H,24,26)(H,25,27). The molecule has 7 heteroatoms.